The minimum Gasteiger partial charge on any atom is -0.306 e. The number of halogens is 2. The second kappa shape index (κ2) is 4.68. The molecule has 96 valence electrons. The summed E-state index contributed by atoms with van der Waals surface area (Å²) in [4.78, 5) is 16.3. The smallest absolute Gasteiger partial charge is 0.276 e. The third kappa shape index (κ3) is 2.22. The van der Waals surface area contributed by atoms with Crippen molar-refractivity contribution < 1.29 is 0 Å². The Kier molecular flexibility index (Phi) is 3.00. The van der Waals surface area contributed by atoms with Gasteiger partial charge in [0.25, 0.3) is 5.56 Å². The van der Waals surface area contributed by atoms with Crippen LogP contribution in [0.1, 0.15) is 5.69 Å². The van der Waals surface area contributed by atoms with Crippen molar-refractivity contribution in [1.29, 1.82) is 0 Å². The van der Waals surface area contributed by atoms with Gasteiger partial charge in [-0.2, -0.15) is 5.10 Å². The average molecular weight is 295 g/mol. The molecule has 5 nitrogen and oxygen atoms in total. The Balaban J connectivity index is 2.08. The summed E-state index contributed by atoms with van der Waals surface area (Å²) in [6.07, 6.45) is 4.92. The van der Waals surface area contributed by atoms with Gasteiger partial charge in [0.2, 0.25) is 0 Å². The van der Waals surface area contributed by atoms with Gasteiger partial charge in [0, 0.05) is 12.4 Å². The predicted octanol–water partition coefficient (Wildman–Crippen LogP) is 2.25. The van der Waals surface area contributed by atoms with E-state index in [1.54, 1.807) is 36.8 Å². The Morgan fingerprint density at radius 1 is 1.16 bits per heavy atom. The van der Waals surface area contributed by atoms with Crippen molar-refractivity contribution in [3.63, 3.8) is 0 Å². The Labute approximate surface area is 118 Å². The van der Waals surface area contributed by atoms with Gasteiger partial charge in [-0.1, -0.05) is 23.2 Å². The zero-order valence-electron chi connectivity index (χ0n) is 9.62. The van der Waals surface area contributed by atoms with Crippen LogP contribution in [0.25, 0.3) is 5.52 Å². The van der Waals surface area contributed by atoms with Crippen molar-refractivity contribution in [3.8, 4) is 0 Å². The van der Waals surface area contributed by atoms with Crippen LogP contribution in [0.3, 0.4) is 0 Å². The number of rotatable bonds is 2. The number of hydrogen-bond acceptors (Lipinski definition) is 3. The quantitative estimate of drug-likeness (QED) is 0.681. The van der Waals surface area contributed by atoms with Crippen LogP contribution in [0.4, 0.5) is 0 Å². The summed E-state index contributed by atoms with van der Waals surface area (Å²) in [7, 11) is 0. The third-order valence-corrected chi connectivity index (χ3v) is 3.30. The Morgan fingerprint density at radius 3 is 2.84 bits per heavy atom. The van der Waals surface area contributed by atoms with Crippen LogP contribution in [0, 0.1) is 0 Å². The van der Waals surface area contributed by atoms with Gasteiger partial charge in [-0.25, -0.2) is 9.50 Å². The standard InChI is InChI=1S/C12H8Cl2N4O/c13-8-1-2-11(14)16-9(8)7-17-5-6-18-10(12(17)19)3-4-15-18/h1-6H,7H2. The van der Waals surface area contributed by atoms with E-state index in [2.05, 4.69) is 10.1 Å². The van der Waals surface area contributed by atoms with E-state index in [9.17, 15) is 4.79 Å². The molecule has 0 N–H and O–H groups in total. The largest absolute Gasteiger partial charge is 0.306 e. The van der Waals surface area contributed by atoms with E-state index in [0.717, 1.165) is 0 Å². The summed E-state index contributed by atoms with van der Waals surface area (Å²) in [5, 5.41) is 4.82. The number of aromatic nitrogens is 4. The first kappa shape index (κ1) is 12.2. The van der Waals surface area contributed by atoms with Gasteiger partial charge in [0.15, 0.2) is 0 Å². The summed E-state index contributed by atoms with van der Waals surface area (Å²) >= 11 is 11.9. The second-order valence-corrected chi connectivity index (χ2v) is 4.75. The molecule has 0 fully saturated rings. The summed E-state index contributed by atoms with van der Waals surface area (Å²) in [5.41, 5.74) is 0.902. The summed E-state index contributed by atoms with van der Waals surface area (Å²) in [6.45, 7) is 0.264. The average Bonchev–Trinajstić information content (AvgIpc) is 2.86. The molecule has 0 unspecified atom stereocenters. The van der Waals surface area contributed by atoms with Crippen molar-refractivity contribution >= 4 is 28.7 Å². The van der Waals surface area contributed by atoms with Gasteiger partial charge >= 0.3 is 0 Å². The molecule has 0 aliphatic rings. The summed E-state index contributed by atoms with van der Waals surface area (Å²) in [5.74, 6) is 0. The monoisotopic (exact) mass is 294 g/mol. The molecule has 0 bridgehead atoms. The third-order valence-electron chi connectivity index (χ3n) is 2.74. The van der Waals surface area contributed by atoms with E-state index >= 15 is 0 Å². The van der Waals surface area contributed by atoms with Crippen LogP contribution in [0.15, 0.2) is 41.6 Å². The van der Waals surface area contributed by atoms with Crippen LogP contribution < -0.4 is 5.56 Å². The fraction of sp³-hybridized carbons (Fsp3) is 0.0833. The van der Waals surface area contributed by atoms with Crippen LogP contribution in [0.2, 0.25) is 10.2 Å². The Morgan fingerprint density at radius 2 is 2.00 bits per heavy atom. The minimum absolute atomic E-state index is 0.155. The number of fused-ring (bicyclic) bond motifs is 1. The highest BCUT2D eigenvalue weighted by molar-refractivity contribution is 6.32. The highest BCUT2D eigenvalue weighted by Crippen LogP contribution is 2.17. The lowest BCUT2D eigenvalue weighted by atomic mass is 10.3. The van der Waals surface area contributed by atoms with E-state index in [4.69, 9.17) is 23.2 Å². The van der Waals surface area contributed by atoms with Gasteiger partial charge in [0.05, 0.1) is 23.5 Å². The second-order valence-electron chi connectivity index (χ2n) is 3.95. The first-order valence-electron chi connectivity index (χ1n) is 5.49. The summed E-state index contributed by atoms with van der Waals surface area (Å²) in [6, 6.07) is 4.93. The molecule has 3 aromatic rings. The van der Waals surface area contributed by atoms with E-state index in [-0.39, 0.29) is 12.1 Å². The Hall–Kier alpha value is -1.85. The van der Waals surface area contributed by atoms with Gasteiger partial charge in [0.1, 0.15) is 10.7 Å². The molecule has 3 rings (SSSR count). The topological polar surface area (TPSA) is 52.2 Å². The molecule has 0 aromatic carbocycles. The van der Waals surface area contributed by atoms with Crippen LogP contribution >= 0.6 is 23.2 Å². The van der Waals surface area contributed by atoms with Gasteiger partial charge < -0.3 is 4.57 Å². The molecular formula is C12H8Cl2N4O. The maximum Gasteiger partial charge on any atom is 0.276 e. The zero-order valence-corrected chi connectivity index (χ0v) is 11.1. The maximum atomic E-state index is 12.2. The fourth-order valence-corrected chi connectivity index (χ4v) is 2.15. The molecule has 0 saturated carbocycles. The maximum absolute atomic E-state index is 12.2. The molecule has 0 aliphatic heterocycles. The molecular weight excluding hydrogens is 287 g/mol. The van der Waals surface area contributed by atoms with E-state index in [1.165, 1.54) is 9.08 Å². The predicted molar refractivity (Wildman–Crippen MR) is 72.8 cm³/mol. The fourth-order valence-electron chi connectivity index (χ4n) is 1.82. The van der Waals surface area contributed by atoms with Crippen molar-refractivity contribution in [2.75, 3.05) is 0 Å². The molecule has 0 aliphatic carbocycles. The van der Waals surface area contributed by atoms with E-state index in [1.807, 2.05) is 0 Å². The van der Waals surface area contributed by atoms with Crippen LogP contribution in [-0.4, -0.2) is 19.2 Å². The molecule has 0 radical (unpaired) electrons. The van der Waals surface area contributed by atoms with E-state index in [0.29, 0.717) is 21.4 Å². The first-order chi connectivity index (χ1) is 9.15. The zero-order chi connectivity index (χ0) is 13.4. The number of pyridine rings is 1. The molecule has 3 aromatic heterocycles. The SMILES string of the molecule is O=c1c2ccnn2ccn1Cc1nc(Cl)ccc1Cl. The van der Waals surface area contributed by atoms with Crippen molar-refractivity contribution in [1.82, 2.24) is 19.2 Å². The highest BCUT2D eigenvalue weighted by atomic mass is 35.5. The lowest BCUT2D eigenvalue weighted by Gasteiger charge is -2.07. The molecule has 0 atom stereocenters. The normalized spacial score (nSPS) is 11.1. The molecule has 0 amide bonds. The highest BCUT2D eigenvalue weighted by Gasteiger charge is 2.08. The molecule has 19 heavy (non-hydrogen) atoms. The molecule has 7 heteroatoms. The van der Waals surface area contributed by atoms with Gasteiger partial charge in [-0.15, -0.1) is 0 Å². The van der Waals surface area contributed by atoms with Crippen LogP contribution in [0.5, 0.6) is 0 Å². The molecule has 0 saturated heterocycles. The van der Waals surface area contributed by atoms with Crippen molar-refractivity contribution in [2.45, 2.75) is 6.54 Å². The summed E-state index contributed by atoms with van der Waals surface area (Å²) < 4.78 is 3.04. The lowest BCUT2D eigenvalue weighted by molar-refractivity contribution is 0.726. The number of hydrogen-bond donors (Lipinski definition) is 0. The van der Waals surface area contributed by atoms with Crippen molar-refractivity contribution in [2.24, 2.45) is 0 Å². The van der Waals surface area contributed by atoms with Gasteiger partial charge in [-0.05, 0) is 18.2 Å². The van der Waals surface area contributed by atoms with E-state index < -0.39 is 0 Å². The van der Waals surface area contributed by atoms with Gasteiger partial charge in [-0.3, -0.25) is 4.79 Å². The first-order valence-corrected chi connectivity index (χ1v) is 6.24. The molecule has 0 spiro atoms. The Bertz CT molecular complexity index is 809. The molecule has 3 heterocycles. The van der Waals surface area contributed by atoms with Crippen LogP contribution in [-0.2, 0) is 6.54 Å². The minimum atomic E-state index is -0.155. The lowest BCUT2D eigenvalue weighted by Crippen LogP contribution is -2.22. The number of nitrogens with zero attached hydrogens (tertiary/aromatic N) is 4. The van der Waals surface area contributed by atoms with Crippen molar-refractivity contribution in [3.05, 3.63) is 63.0 Å².